The lowest BCUT2D eigenvalue weighted by atomic mass is 9.81. The lowest BCUT2D eigenvalue weighted by Gasteiger charge is -2.39. The van der Waals surface area contributed by atoms with E-state index >= 15 is 0 Å². The van der Waals surface area contributed by atoms with E-state index in [4.69, 9.17) is 29.7 Å². The van der Waals surface area contributed by atoms with E-state index in [2.05, 4.69) is 62.1 Å². The molecule has 3 aromatic carbocycles. The van der Waals surface area contributed by atoms with Crippen molar-refractivity contribution in [1.82, 2.24) is 39.6 Å². The number of hydrogen-bond donors (Lipinski definition) is 7. The highest BCUT2D eigenvalue weighted by molar-refractivity contribution is 7.60. The van der Waals surface area contributed by atoms with E-state index in [0.717, 1.165) is 117 Å². The minimum absolute atomic E-state index is 0.00934. The molecular weight excluding hydrogens is 1030 g/mol. The third-order valence-corrected chi connectivity index (χ3v) is 17.1. The van der Waals surface area contributed by atoms with Crippen molar-refractivity contribution in [3.63, 3.8) is 0 Å². The quantitative estimate of drug-likeness (QED) is 0.0415. The van der Waals surface area contributed by atoms with E-state index in [1.807, 2.05) is 18.2 Å². The van der Waals surface area contributed by atoms with Gasteiger partial charge in [0.2, 0.25) is 11.3 Å². The summed E-state index contributed by atoms with van der Waals surface area (Å²) in [7, 11) is -9.06. The topological polar surface area (TPSA) is 316 Å². The molecule has 1 saturated heterocycles. The summed E-state index contributed by atoms with van der Waals surface area (Å²) in [5.74, 6) is 1.35. The lowest BCUT2D eigenvalue weighted by Crippen LogP contribution is -2.45. The molecule has 2 aromatic heterocycles. The van der Waals surface area contributed by atoms with Gasteiger partial charge in [0.25, 0.3) is 5.91 Å². The number of alkyl carbamates (subject to hydrolysis) is 1. The summed E-state index contributed by atoms with van der Waals surface area (Å²) >= 11 is 0. The number of nitrogens with one attached hydrogen (secondary N) is 2. The second-order valence-electron chi connectivity index (χ2n) is 19.8. The zero-order valence-electron chi connectivity index (χ0n) is 41.6. The van der Waals surface area contributed by atoms with Crippen LogP contribution in [0.25, 0.3) is 16.7 Å². The molecule has 26 heteroatoms. The lowest BCUT2D eigenvalue weighted by molar-refractivity contribution is -0.121. The Labute approximate surface area is 435 Å². The fourth-order valence-electron chi connectivity index (χ4n) is 11.7. The molecule has 0 aliphatic carbocycles. The highest BCUT2D eigenvalue weighted by Gasteiger charge is 2.49. The maximum Gasteiger partial charge on any atom is 0.481 e. The molecule has 6 aliphatic rings. The number of phosphoric acid groups is 2. The summed E-state index contributed by atoms with van der Waals surface area (Å²) < 4.78 is 54.3. The summed E-state index contributed by atoms with van der Waals surface area (Å²) in [5.41, 5.74) is 16.2. The van der Waals surface area contributed by atoms with E-state index in [0.29, 0.717) is 12.0 Å². The summed E-state index contributed by atoms with van der Waals surface area (Å²) in [6.45, 7) is 3.39. The Bertz CT molecular complexity index is 3400. The number of ether oxygens (including phenoxy) is 3. The third-order valence-electron chi connectivity index (χ3n) is 14.9. The first-order valence-corrected chi connectivity index (χ1v) is 28.6. The number of nitrogens with two attached hydrogens (primary N) is 1. The van der Waals surface area contributed by atoms with Gasteiger partial charge in [-0.05, 0) is 74.3 Å². The molecule has 0 bridgehead atoms. The summed E-state index contributed by atoms with van der Waals surface area (Å²) in [6, 6.07) is 12.5. The highest BCUT2D eigenvalue weighted by atomic mass is 31.3. The Hall–Kier alpha value is -6.33. The van der Waals surface area contributed by atoms with Crippen LogP contribution in [0.15, 0.2) is 49.1 Å². The van der Waals surface area contributed by atoms with Crippen LogP contribution in [0.1, 0.15) is 88.5 Å². The molecule has 1 fully saturated rings. The van der Waals surface area contributed by atoms with Gasteiger partial charge in [-0.3, -0.25) is 18.7 Å². The molecule has 5 aromatic rings. The number of benzene rings is 3. The van der Waals surface area contributed by atoms with Gasteiger partial charge in [0, 0.05) is 97.8 Å². The smallest absolute Gasteiger partial charge is 0.455 e. The van der Waals surface area contributed by atoms with Gasteiger partial charge in [-0.1, -0.05) is 18.2 Å². The Kier molecular flexibility index (Phi) is 14.2. The molecule has 3 amide bonds. The summed E-state index contributed by atoms with van der Waals surface area (Å²) in [6.07, 6.45) is 3.70. The second-order valence-corrected chi connectivity index (χ2v) is 22.7. The SMILES string of the molecule is CN(CCCC(=O)NCCNC(=O)O[C@@H]1[C@H](O)[C@@H](COP(=O)(O)OP(=O)(O)O)O[C@H]1n1cnc2c(N)ncnc21)C(=O)c1ccccc1C1=c2cc3c4c(c2Oc2c1cc1c5c2CCCN5CCC1)CCC[N+]=4CCC3. The number of aromatic nitrogens is 4. The number of aliphatic hydroxyl groups is 1. The minimum atomic E-state index is -5.46. The van der Waals surface area contributed by atoms with Gasteiger partial charge in [0.1, 0.15) is 48.6 Å². The van der Waals surface area contributed by atoms with Crippen LogP contribution in [0.5, 0.6) is 11.5 Å². The molecule has 8 N–H and O–H groups in total. The number of aryl methyl sites for hydroxylation is 2. The number of imidazole rings is 1. The summed E-state index contributed by atoms with van der Waals surface area (Å²) in [4.78, 5) is 85.0. The molecule has 24 nitrogen and oxygen atoms in total. The van der Waals surface area contributed by atoms with Crippen molar-refractivity contribution in [2.75, 3.05) is 70.1 Å². The Balaban J connectivity index is 0.742. The van der Waals surface area contributed by atoms with Crippen LogP contribution in [0.2, 0.25) is 0 Å². The van der Waals surface area contributed by atoms with Gasteiger partial charge in [0.15, 0.2) is 23.8 Å². The molecule has 6 aliphatic heterocycles. The van der Waals surface area contributed by atoms with Gasteiger partial charge in [-0.25, -0.2) is 33.5 Å². The number of fused-ring (bicyclic) bond motifs is 5. The first kappa shape index (κ1) is 51.8. The molecule has 11 rings (SSSR count). The number of aliphatic hydroxyl groups excluding tert-OH is 1. The van der Waals surface area contributed by atoms with E-state index in [1.165, 1.54) is 44.2 Å². The third kappa shape index (κ3) is 10.1. The average Bonchev–Trinajstić information content (AvgIpc) is 3.97. The minimum Gasteiger partial charge on any atom is -0.455 e. The maximum absolute atomic E-state index is 14.7. The molecule has 0 radical (unpaired) electrons. The van der Waals surface area contributed by atoms with Crippen LogP contribution in [-0.4, -0.2) is 140 Å². The zero-order chi connectivity index (χ0) is 53.0. The van der Waals surface area contributed by atoms with Crippen LogP contribution >= 0.6 is 15.6 Å². The van der Waals surface area contributed by atoms with Crippen molar-refractivity contribution in [2.45, 2.75) is 88.7 Å². The Morgan fingerprint density at radius 3 is 2.49 bits per heavy atom. The van der Waals surface area contributed by atoms with Crippen LogP contribution in [0.3, 0.4) is 0 Å². The van der Waals surface area contributed by atoms with Gasteiger partial charge < -0.3 is 60.2 Å². The van der Waals surface area contributed by atoms with E-state index in [1.54, 1.807) is 11.9 Å². The number of carbonyl (C=O) groups excluding carboxylic acids is 3. The van der Waals surface area contributed by atoms with Crippen molar-refractivity contribution in [3.05, 3.63) is 98.6 Å². The zero-order valence-corrected chi connectivity index (χ0v) is 43.4. The van der Waals surface area contributed by atoms with Crippen molar-refractivity contribution in [1.29, 1.82) is 0 Å². The monoisotopic (exact) mass is 1090 g/mol. The van der Waals surface area contributed by atoms with Crippen molar-refractivity contribution in [2.24, 2.45) is 0 Å². The maximum atomic E-state index is 14.7. The number of amides is 3. The number of nitrogens with zero attached hydrogens (tertiary/aromatic N) is 7. The standard InChI is InChI=1S/C50H58N10O14P2/c1-57(18-8-15-37(61)52-16-17-53-50(64)73-45-42(62)36(25-70-76(68,69)74-75(65,66)67)71-49(45)60-27-56-39-46(51)54-26-55-47(39)60)48(63)31-12-3-2-11-30(31)38-34-23-28-9-4-19-58-21-6-13-32(40(28)58)43(34)72-44-33-14-7-22-59-20-5-10-29(41(33)59)24-35(38)44/h2-3,11-12,23-24,26-27,36,42,45,49,62H,4-10,13-22,25H2,1H3,(H6-,51,52,53,54,55,61,64,65,66,67,68,69)/p+1/t36-,42-,45-,49-/m1/s1. The molecule has 0 spiro atoms. The average molecular weight is 1090 g/mol. The first-order chi connectivity index (χ1) is 36.5. The van der Waals surface area contributed by atoms with E-state index < -0.39 is 52.9 Å². The molecule has 402 valence electrons. The van der Waals surface area contributed by atoms with Crippen LogP contribution in [0, 0.1) is 0 Å². The first-order valence-electron chi connectivity index (χ1n) is 25.5. The normalized spacial score (nSPS) is 21.1. The van der Waals surface area contributed by atoms with E-state index in [9.17, 15) is 33.5 Å². The van der Waals surface area contributed by atoms with Gasteiger partial charge in [-0.2, -0.15) is 4.31 Å². The number of nitrogen functional groups attached to an aromatic ring is 1. The Morgan fingerprint density at radius 2 is 1.67 bits per heavy atom. The molecule has 0 saturated carbocycles. The number of phosphoric ester groups is 1. The largest absolute Gasteiger partial charge is 0.481 e. The molecule has 5 atom stereocenters. The summed E-state index contributed by atoms with van der Waals surface area (Å²) in [5, 5.41) is 18.8. The number of carbonyl (C=O) groups is 3. The number of hydrogen-bond acceptors (Lipinski definition) is 16. The van der Waals surface area contributed by atoms with Crippen molar-refractivity contribution >= 4 is 61.8 Å². The number of anilines is 2. The van der Waals surface area contributed by atoms with Crippen molar-refractivity contribution < 1.29 is 66.3 Å². The van der Waals surface area contributed by atoms with Crippen molar-refractivity contribution in [3.8, 4) is 11.5 Å². The molecule has 76 heavy (non-hydrogen) atoms. The van der Waals surface area contributed by atoms with Gasteiger partial charge in [0.05, 0.1) is 18.5 Å². The fourth-order valence-corrected chi connectivity index (χ4v) is 13.3. The second kappa shape index (κ2) is 20.9. The molecule has 8 heterocycles. The van der Waals surface area contributed by atoms with Gasteiger partial charge >= 0.3 is 21.7 Å². The van der Waals surface area contributed by atoms with Gasteiger partial charge in [-0.15, -0.1) is 0 Å². The predicted molar refractivity (Wildman–Crippen MR) is 273 cm³/mol. The number of rotatable bonds is 16. The highest BCUT2D eigenvalue weighted by Crippen LogP contribution is 2.58. The van der Waals surface area contributed by atoms with Crippen LogP contribution in [0.4, 0.5) is 16.3 Å². The fraction of sp³-hybridized carbons (Fsp3) is 0.460. The Morgan fingerprint density at radius 1 is 0.921 bits per heavy atom. The van der Waals surface area contributed by atoms with E-state index in [-0.39, 0.29) is 54.9 Å². The van der Waals surface area contributed by atoms with Crippen LogP contribution in [-0.2, 0) is 57.9 Å². The predicted octanol–water partition coefficient (Wildman–Crippen LogP) is 2.09. The molecule has 1 unspecified atom stereocenters. The van der Waals surface area contributed by atoms with Crippen LogP contribution < -0.4 is 41.2 Å². The molecular formula is C50H59N10O14P2+.